The van der Waals surface area contributed by atoms with Crippen molar-refractivity contribution in [1.82, 2.24) is 0 Å². The van der Waals surface area contributed by atoms with Crippen LogP contribution in [0.5, 0.6) is 0 Å². The number of rotatable bonds is 3. The molecule has 0 aliphatic carbocycles. The van der Waals surface area contributed by atoms with Gasteiger partial charge in [0.2, 0.25) is 0 Å². The molecule has 14 heavy (non-hydrogen) atoms. The molecule has 3 nitrogen and oxygen atoms in total. The molecule has 2 atom stereocenters. The van der Waals surface area contributed by atoms with Crippen LogP contribution in [-0.4, -0.2) is 15.3 Å². The molecule has 2 N–H and O–H groups in total. The topological polar surface area (TPSA) is 57.5 Å². The highest BCUT2D eigenvalue weighted by atomic mass is 31.2. The fourth-order valence-electron chi connectivity index (χ4n) is 1.12. The molecule has 4 heteroatoms. The summed E-state index contributed by atoms with van der Waals surface area (Å²) >= 11 is 0. The first-order chi connectivity index (χ1) is 6.42. The van der Waals surface area contributed by atoms with Crippen molar-refractivity contribution in [3.63, 3.8) is 0 Å². The standard InChI is InChI=1S/C10H15O3P/c1-3-10(2,11)14(12,13)9-7-5-4-6-8-9/h4-8,11H,3H2,1-2H3,(H,12,13). The Morgan fingerprint density at radius 1 is 1.36 bits per heavy atom. The summed E-state index contributed by atoms with van der Waals surface area (Å²) in [4.78, 5) is 9.82. The van der Waals surface area contributed by atoms with E-state index in [9.17, 15) is 14.6 Å². The normalized spacial score (nSPS) is 19.7. The first-order valence-corrected chi connectivity index (χ1v) is 6.18. The van der Waals surface area contributed by atoms with Crippen molar-refractivity contribution in [1.29, 1.82) is 0 Å². The summed E-state index contributed by atoms with van der Waals surface area (Å²) in [7, 11) is -3.69. The molecule has 0 saturated carbocycles. The number of aliphatic hydroxyl groups is 1. The molecule has 0 aliphatic rings. The molecule has 0 fully saturated rings. The number of hydrogen-bond acceptors (Lipinski definition) is 2. The van der Waals surface area contributed by atoms with Gasteiger partial charge in [0, 0.05) is 5.30 Å². The maximum atomic E-state index is 12.0. The van der Waals surface area contributed by atoms with Crippen molar-refractivity contribution in [3.8, 4) is 0 Å². The Balaban J connectivity index is 3.15. The van der Waals surface area contributed by atoms with Gasteiger partial charge >= 0.3 is 0 Å². The van der Waals surface area contributed by atoms with Gasteiger partial charge in [0.25, 0.3) is 7.37 Å². The third-order valence-electron chi connectivity index (χ3n) is 2.43. The van der Waals surface area contributed by atoms with E-state index in [4.69, 9.17) is 0 Å². The third kappa shape index (κ3) is 1.90. The van der Waals surface area contributed by atoms with E-state index in [1.54, 1.807) is 37.3 Å². The zero-order valence-corrected chi connectivity index (χ0v) is 9.24. The summed E-state index contributed by atoms with van der Waals surface area (Å²) < 4.78 is 12.0. The quantitative estimate of drug-likeness (QED) is 0.753. The van der Waals surface area contributed by atoms with Crippen LogP contribution in [0, 0.1) is 0 Å². The van der Waals surface area contributed by atoms with Gasteiger partial charge in [0.1, 0.15) is 5.34 Å². The average molecular weight is 214 g/mol. The van der Waals surface area contributed by atoms with Gasteiger partial charge in [0.05, 0.1) is 0 Å². The van der Waals surface area contributed by atoms with E-state index >= 15 is 0 Å². The van der Waals surface area contributed by atoms with Gasteiger partial charge in [-0.1, -0.05) is 25.1 Å². The molecule has 1 aromatic carbocycles. The maximum absolute atomic E-state index is 12.0. The molecule has 0 aromatic heterocycles. The molecule has 1 rings (SSSR count). The van der Waals surface area contributed by atoms with Gasteiger partial charge in [-0.3, -0.25) is 4.57 Å². The zero-order valence-electron chi connectivity index (χ0n) is 8.34. The van der Waals surface area contributed by atoms with E-state index in [0.29, 0.717) is 5.30 Å². The zero-order chi connectivity index (χ0) is 10.8. The van der Waals surface area contributed by atoms with Gasteiger partial charge in [-0.2, -0.15) is 0 Å². The molecule has 0 spiro atoms. The molecule has 1 aromatic rings. The fourth-order valence-corrected chi connectivity index (χ4v) is 2.68. The lowest BCUT2D eigenvalue weighted by Crippen LogP contribution is -2.28. The van der Waals surface area contributed by atoms with Crippen molar-refractivity contribution < 1.29 is 14.6 Å². The van der Waals surface area contributed by atoms with Crippen LogP contribution in [0.1, 0.15) is 20.3 Å². The van der Waals surface area contributed by atoms with E-state index in [1.165, 1.54) is 6.92 Å². The van der Waals surface area contributed by atoms with E-state index in [0.717, 1.165) is 0 Å². The summed E-state index contributed by atoms with van der Waals surface area (Å²) in [5.41, 5.74) is 0. The van der Waals surface area contributed by atoms with Crippen molar-refractivity contribution in [2.75, 3.05) is 0 Å². The molecular formula is C10H15O3P. The summed E-state index contributed by atoms with van der Waals surface area (Å²) in [5.74, 6) is 0. The van der Waals surface area contributed by atoms with Crippen LogP contribution in [0.15, 0.2) is 30.3 Å². The lowest BCUT2D eigenvalue weighted by molar-refractivity contribution is 0.127. The van der Waals surface area contributed by atoms with Crippen LogP contribution in [0.4, 0.5) is 0 Å². The smallest absolute Gasteiger partial charge is 0.259 e. The Labute approximate surface area is 83.9 Å². The summed E-state index contributed by atoms with van der Waals surface area (Å²) in [5, 5.41) is 8.54. The fraction of sp³-hybridized carbons (Fsp3) is 0.400. The van der Waals surface area contributed by atoms with Gasteiger partial charge in [0.15, 0.2) is 0 Å². The summed E-state index contributed by atoms with van der Waals surface area (Å²) in [6.07, 6.45) is 0.246. The Kier molecular flexibility index (Phi) is 3.15. The van der Waals surface area contributed by atoms with Gasteiger partial charge < -0.3 is 10.00 Å². The Bertz CT molecular complexity index is 346. The average Bonchev–Trinajstić information content (AvgIpc) is 2.19. The molecule has 0 heterocycles. The summed E-state index contributed by atoms with van der Waals surface area (Å²) in [6.45, 7) is 3.08. The third-order valence-corrected chi connectivity index (χ3v) is 5.05. The number of benzene rings is 1. The predicted molar refractivity (Wildman–Crippen MR) is 56.8 cm³/mol. The Morgan fingerprint density at radius 3 is 2.29 bits per heavy atom. The van der Waals surface area contributed by atoms with Crippen LogP contribution in [0.25, 0.3) is 0 Å². The largest absolute Gasteiger partial charge is 0.380 e. The lowest BCUT2D eigenvalue weighted by atomic mass is 10.3. The first-order valence-electron chi connectivity index (χ1n) is 4.52. The van der Waals surface area contributed by atoms with Gasteiger partial charge in [-0.15, -0.1) is 0 Å². The second kappa shape index (κ2) is 3.85. The van der Waals surface area contributed by atoms with Gasteiger partial charge in [-0.05, 0) is 25.5 Å². The van der Waals surface area contributed by atoms with Crippen molar-refractivity contribution in [2.45, 2.75) is 25.6 Å². The molecule has 0 bridgehead atoms. The first kappa shape index (κ1) is 11.4. The lowest BCUT2D eigenvalue weighted by Gasteiger charge is -2.27. The van der Waals surface area contributed by atoms with Crippen molar-refractivity contribution in [3.05, 3.63) is 30.3 Å². The molecule has 0 aliphatic heterocycles. The maximum Gasteiger partial charge on any atom is 0.259 e. The molecule has 0 radical (unpaired) electrons. The van der Waals surface area contributed by atoms with E-state index in [-0.39, 0.29) is 6.42 Å². The molecule has 78 valence electrons. The SMILES string of the molecule is CCC(C)(O)P(=O)(O)c1ccccc1. The van der Waals surface area contributed by atoms with Crippen LogP contribution < -0.4 is 5.30 Å². The Morgan fingerprint density at radius 2 is 1.86 bits per heavy atom. The minimum Gasteiger partial charge on any atom is -0.380 e. The van der Waals surface area contributed by atoms with Crippen LogP contribution in [0.2, 0.25) is 0 Å². The molecule has 0 amide bonds. The Hall–Kier alpha value is -0.630. The number of hydrogen-bond donors (Lipinski definition) is 2. The van der Waals surface area contributed by atoms with E-state index < -0.39 is 12.7 Å². The predicted octanol–water partition coefficient (Wildman–Crippen LogP) is 1.70. The molecular weight excluding hydrogens is 199 g/mol. The van der Waals surface area contributed by atoms with Crippen molar-refractivity contribution in [2.24, 2.45) is 0 Å². The molecule has 2 unspecified atom stereocenters. The summed E-state index contributed by atoms with van der Waals surface area (Å²) in [6, 6.07) is 8.26. The second-order valence-electron chi connectivity index (χ2n) is 3.48. The highest BCUT2D eigenvalue weighted by Crippen LogP contribution is 2.53. The van der Waals surface area contributed by atoms with Crippen LogP contribution >= 0.6 is 7.37 Å². The minimum atomic E-state index is -3.69. The monoisotopic (exact) mass is 214 g/mol. The van der Waals surface area contributed by atoms with E-state index in [1.807, 2.05) is 0 Å². The van der Waals surface area contributed by atoms with Crippen molar-refractivity contribution >= 4 is 12.7 Å². The van der Waals surface area contributed by atoms with Crippen LogP contribution in [0.3, 0.4) is 0 Å². The minimum absolute atomic E-state index is 0.246. The van der Waals surface area contributed by atoms with Crippen LogP contribution in [-0.2, 0) is 4.57 Å². The van der Waals surface area contributed by atoms with E-state index in [2.05, 4.69) is 0 Å². The highest BCUT2D eigenvalue weighted by molar-refractivity contribution is 7.67. The highest BCUT2D eigenvalue weighted by Gasteiger charge is 2.41. The molecule has 0 saturated heterocycles. The van der Waals surface area contributed by atoms with Gasteiger partial charge in [-0.25, -0.2) is 0 Å². The second-order valence-corrected chi connectivity index (χ2v) is 6.11.